The maximum absolute atomic E-state index is 13.7. The molecule has 2 aromatic carbocycles. The number of ether oxygens (including phenoxy) is 1. The molecule has 1 N–H and O–H groups in total. The van der Waals surface area contributed by atoms with Crippen LogP contribution in [0.4, 0.5) is 17.3 Å². The molecule has 0 saturated carbocycles. The van der Waals surface area contributed by atoms with Crippen molar-refractivity contribution in [3.8, 4) is 0 Å². The smallest absolute Gasteiger partial charge is 0.269 e. The zero-order valence-corrected chi connectivity index (χ0v) is 20.1. The number of non-ortho nitro benzene ring substituents is 1. The molecule has 35 heavy (non-hydrogen) atoms. The largest absolute Gasteiger partial charge is 0.368 e. The third-order valence-electron chi connectivity index (χ3n) is 5.97. The van der Waals surface area contributed by atoms with Crippen LogP contribution in [0.5, 0.6) is 0 Å². The molecule has 0 amide bonds. The van der Waals surface area contributed by atoms with Crippen LogP contribution in [0, 0.1) is 10.1 Å². The molecule has 2 aliphatic rings. The maximum Gasteiger partial charge on any atom is 0.269 e. The molecule has 2 bridgehead atoms. The van der Waals surface area contributed by atoms with E-state index < -0.39 is 27.2 Å². The normalized spacial score (nSPS) is 19.5. The summed E-state index contributed by atoms with van der Waals surface area (Å²) in [7, 11) is -2.20. The van der Waals surface area contributed by atoms with Gasteiger partial charge in [0.15, 0.2) is 6.23 Å². The van der Waals surface area contributed by atoms with Gasteiger partial charge >= 0.3 is 0 Å². The molecule has 0 aliphatic carbocycles. The van der Waals surface area contributed by atoms with E-state index >= 15 is 0 Å². The fourth-order valence-electron chi connectivity index (χ4n) is 4.30. The number of fused-ring (bicyclic) bond motifs is 4. The molecule has 1 aromatic heterocycles. The third-order valence-corrected chi connectivity index (χ3v) is 8.13. The second-order valence-corrected chi connectivity index (χ2v) is 10.5. The van der Waals surface area contributed by atoms with Crippen molar-refractivity contribution >= 4 is 38.9 Å². The number of hydrogen-bond donors (Lipinski definition) is 1. The number of aromatic nitrogens is 2. The number of nitro benzene ring substituents is 1. The lowest BCUT2D eigenvalue weighted by Gasteiger charge is -2.28. The summed E-state index contributed by atoms with van der Waals surface area (Å²) in [5, 5.41) is 14.9. The molecule has 0 radical (unpaired) electrons. The highest BCUT2D eigenvalue weighted by atomic mass is 35.5. The minimum Gasteiger partial charge on any atom is -0.368 e. The predicted molar refractivity (Wildman–Crippen MR) is 129 cm³/mol. The number of hydrogen-bond acceptors (Lipinski definition) is 9. The molecule has 2 aliphatic heterocycles. The first-order valence-corrected chi connectivity index (χ1v) is 12.5. The summed E-state index contributed by atoms with van der Waals surface area (Å²) in [5.74, 6) is 1.02. The van der Waals surface area contributed by atoms with Crippen LogP contribution in [0.15, 0.2) is 59.8 Å². The van der Waals surface area contributed by atoms with Gasteiger partial charge in [-0.05, 0) is 29.8 Å². The van der Waals surface area contributed by atoms with E-state index in [1.807, 2.05) is 24.1 Å². The van der Waals surface area contributed by atoms with E-state index in [0.29, 0.717) is 28.8 Å². The lowest BCUT2D eigenvalue weighted by Crippen LogP contribution is -2.40. The third kappa shape index (κ3) is 4.29. The van der Waals surface area contributed by atoms with E-state index in [1.54, 1.807) is 12.1 Å². The number of halogens is 1. The molecular formula is C22H21ClN6O5S. The number of nitrogens with one attached hydrogen (secondary N) is 1. The quantitative estimate of drug-likeness (QED) is 0.387. The SMILES string of the molecule is CN(Cc1ccc(Cl)cc1)c1ncnc2c1[C@H]1OC[C@@H](CN2)N1S(=O)(=O)c1ccc([N+](=O)[O-])cc1. The fourth-order valence-corrected chi connectivity index (χ4v) is 6.09. The van der Waals surface area contributed by atoms with Crippen molar-refractivity contribution in [3.63, 3.8) is 0 Å². The van der Waals surface area contributed by atoms with E-state index in [2.05, 4.69) is 15.3 Å². The standard InChI is InChI=1S/C22H21ClN6O5S/c1-27(11-14-2-4-15(23)5-3-14)21-19-20(25-13-26-21)24-10-17-12-34-22(19)28(17)35(32,33)18-8-6-16(7-9-18)29(30)31/h2-9,13,17,22H,10-12H2,1H3,(H,24,25,26)/t17-,22-/m1/s1. The van der Waals surface area contributed by atoms with Gasteiger partial charge in [0, 0.05) is 37.3 Å². The molecule has 13 heteroatoms. The van der Waals surface area contributed by atoms with Gasteiger partial charge in [-0.15, -0.1) is 0 Å². The summed E-state index contributed by atoms with van der Waals surface area (Å²) < 4.78 is 34.7. The zero-order chi connectivity index (χ0) is 24.7. The average Bonchev–Trinajstić information content (AvgIpc) is 3.20. The van der Waals surface area contributed by atoms with E-state index in [9.17, 15) is 18.5 Å². The van der Waals surface area contributed by atoms with Crippen molar-refractivity contribution in [2.75, 3.05) is 30.4 Å². The van der Waals surface area contributed by atoms with Gasteiger partial charge in [0.25, 0.3) is 5.69 Å². The molecule has 1 saturated heterocycles. The summed E-state index contributed by atoms with van der Waals surface area (Å²) in [4.78, 5) is 21.1. The number of nitrogens with zero attached hydrogens (tertiary/aromatic N) is 5. The van der Waals surface area contributed by atoms with Crippen molar-refractivity contribution in [2.45, 2.75) is 23.7 Å². The number of benzene rings is 2. The second-order valence-electron chi connectivity index (χ2n) is 8.25. The van der Waals surface area contributed by atoms with Crippen LogP contribution in [0.1, 0.15) is 17.4 Å². The van der Waals surface area contributed by atoms with Crippen LogP contribution in [-0.2, 0) is 21.3 Å². The van der Waals surface area contributed by atoms with Crippen molar-refractivity contribution in [3.05, 3.63) is 81.1 Å². The van der Waals surface area contributed by atoms with Crippen molar-refractivity contribution in [1.82, 2.24) is 14.3 Å². The highest BCUT2D eigenvalue weighted by Gasteiger charge is 2.48. The molecular weight excluding hydrogens is 496 g/mol. The molecule has 11 nitrogen and oxygen atoms in total. The van der Waals surface area contributed by atoms with Crippen LogP contribution in [0.3, 0.4) is 0 Å². The first kappa shape index (κ1) is 23.4. The molecule has 2 atom stereocenters. The Morgan fingerprint density at radius 2 is 1.91 bits per heavy atom. The zero-order valence-electron chi connectivity index (χ0n) is 18.5. The first-order valence-electron chi connectivity index (χ1n) is 10.7. The van der Waals surface area contributed by atoms with E-state index in [1.165, 1.54) is 34.9 Å². The maximum atomic E-state index is 13.7. The summed E-state index contributed by atoms with van der Waals surface area (Å²) >= 11 is 6.00. The molecule has 5 rings (SSSR count). The predicted octanol–water partition coefficient (Wildman–Crippen LogP) is 3.19. The second kappa shape index (κ2) is 9.04. The van der Waals surface area contributed by atoms with Crippen LogP contribution in [0.2, 0.25) is 5.02 Å². The summed E-state index contributed by atoms with van der Waals surface area (Å²) in [6, 6.07) is 11.7. The molecule has 182 valence electrons. The van der Waals surface area contributed by atoms with E-state index in [4.69, 9.17) is 16.3 Å². The number of rotatable bonds is 6. The van der Waals surface area contributed by atoms with Crippen LogP contribution < -0.4 is 10.2 Å². The van der Waals surface area contributed by atoms with Gasteiger partial charge in [-0.1, -0.05) is 23.7 Å². The van der Waals surface area contributed by atoms with Gasteiger partial charge < -0.3 is 15.0 Å². The Bertz CT molecular complexity index is 1370. The molecule has 1 fully saturated rings. The van der Waals surface area contributed by atoms with Gasteiger partial charge in [-0.2, -0.15) is 4.31 Å². The molecule has 3 aromatic rings. The van der Waals surface area contributed by atoms with Gasteiger partial charge in [0.1, 0.15) is 18.0 Å². The number of anilines is 2. The lowest BCUT2D eigenvalue weighted by molar-refractivity contribution is -0.384. The van der Waals surface area contributed by atoms with Gasteiger partial charge in [0.05, 0.1) is 28.0 Å². The van der Waals surface area contributed by atoms with Crippen LogP contribution in [-0.4, -0.2) is 53.9 Å². The average molecular weight is 517 g/mol. The van der Waals surface area contributed by atoms with E-state index in [-0.39, 0.29) is 23.7 Å². The summed E-state index contributed by atoms with van der Waals surface area (Å²) in [6.45, 7) is 0.956. The van der Waals surface area contributed by atoms with Crippen LogP contribution in [0.25, 0.3) is 0 Å². The fraction of sp³-hybridized carbons (Fsp3) is 0.273. The van der Waals surface area contributed by atoms with E-state index in [0.717, 1.165) is 5.56 Å². The van der Waals surface area contributed by atoms with Gasteiger partial charge in [-0.25, -0.2) is 18.4 Å². The number of sulfonamides is 1. The van der Waals surface area contributed by atoms with Gasteiger partial charge in [-0.3, -0.25) is 10.1 Å². The minimum absolute atomic E-state index is 0.0556. The minimum atomic E-state index is -4.06. The Morgan fingerprint density at radius 1 is 1.20 bits per heavy atom. The molecule has 0 unspecified atom stereocenters. The monoisotopic (exact) mass is 516 g/mol. The molecule has 0 spiro atoms. The topological polar surface area (TPSA) is 131 Å². The highest BCUT2D eigenvalue weighted by Crippen LogP contribution is 2.44. The Balaban J connectivity index is 1.53. The lowest BCUT2D eigenvalue weighted by atomic mass is 10.2. The number of nitro groups is 1. The van der Waals surface area contributed by atoms with Crippen molar-refractivity contribution < 1.29 is 18.1 Å². The Labute approximate surface area is 206 Å². The summed E-state index contributed by atoms with van der Waals surface area (Å²) in [6.07, 6.45) is 0.460. The van der Waals surface area contributed by atoms with Crippen LogP contribution >= 0.6 is 11.6 Å². The van der Waals surface area contributed by atoms with Crippen molar-refractivity contribution in [1.29, 1.82) is 0 Å². The van der Waals surface area contributed by atoms with Gasteiger partial charge in [0.2, 0.25) is 10.0 Å². The first-order chi connectivity index (χ1) is 16.8. The Kier molecular flexibility index (Phi) is 6.05. The Hall–Kier alpha value is -3.32. The Morgan fingerprint density at radius 3 is 2.60 bits per heavy atom. The highest BCUT2D eigenvalue weighted by molar-refractivity contribution is 7.89. The molecule has 3 heterocycles. The van der Waals surface area contributed by atoms with Crippen molar-refractivity contribution in [2.24, 2.45) is 0 Å². The summed E-state index contributed by atoms with van der Waals surface area (Å²) in [5.41, 5.74) is 1.31.